The van der Waals surface area contributed by atoms with Crippen molar-refractivity contribution < 1.29 is 12.7 Å². The van der Waals surface area contributed by atoms with Crippen molar-refractivity contribution in [2.75, 3.05) is 5.32 Å². The number of anilines is 2. The zero-order valence-corrected chi connectivity index (χ0v) is 15.0. The third-order valence-electron chi connectivity index (χ3n) is 3.82. The fraction of sp³-hybridized carbons (Fsp3) is 0.267. The number of aryl methyl sites for hydroxylation is 1. The quantitative estimate of drug-likeness (QED) is 0.622. The topological polar surface area (TPSA) is 127 Å². The van der Waals surface area contributed by atoms with Gasteiger partial charge in [0.05, 0.1) is 10.6 Å². The zero-order chi connectivity index (χ0) is 17.6. The first-order valence-electron chi connectivity index (χ1n) is 7.69. The monoisotopic (exact) mass is 382 g/mol. The average Bonchev–Trinajstić information content (AvgIpc) is 3.07. The number of aromatic amines is 1. The van der Waals surface area contributed by atoms with E-state index in [4.69, 9.17) is 5.14 Å². The zero-order valence-electron chi connectivity index (χ0n) is 13.4. The first-order chi connectivity index (χ1) is 11.9. The largest absolute Gasteiger partial charge is 0.307 e. The minimum absolute atomic E-state index is 0. The second-order valence-electron chi connectivity index (χ2n) is 5.99. The van der Waals surface area contributed by atoms with Gasteiger partial charge < -0.3 is 5.32 Å². The number of nitrogens with two attached hydrogens (primary N) is 1. The van der Waals surface area contributed by atoms with Crippen LogP contribution < -0.4 is 10.5 Å². The number of thiophene rings is 1. The van der Waals surface area contributed by atoms with Gasteiger partial charge in [-0.1, -0.05) is 0 Å². The number of sulfonamides is 1. The van der Waals surface area contributed by atoms with E-state index < -0.39 is 10.0 Å². The van der Waals surface area contributed by atoms with Gasteiger partial charge in [0.1, 0.15) is 4.21 Å². The molecule has 136 valence electrons. The lowest BCUT2D eigenvalue weighted by Gasteiger charge is -2.05. The number of hydrogen-bond acceptors (Lipinski definition) is 7. The molecule has 0 saturated heterocycles. The van der Waals surface area contributed by atoms with Crippen LogP contribution in [0.2, 0.25) is 0 Å². The maximum Gasteiger partial charge on any atom is 0.247 e. The molecule has 0 atom stereocenters. The summed E-state index contributed by atoms with van der Waals surface area (Å²) in [5, 5.41) is 15.5. The molecule has 3 aromatic rings. The van der Waals surface area contributed by atoms with Crippen LogP contribution in [-0.4, -0.2) is 28.6 Å². The molecular formula is C15H22N6O2S2. The van der Waals surface area contributed by atoms with Gasteiger partial charge in [0.15, 0.2) is 5.82 Å². The Morgan fingerprint density at radius 2 is 2.12 bits per heavy atom. The van der Waals surface area contributed by atoms with Gasteiger partial charge in [0.25, 0.3) is 0 Å². The van der Waals surface area contributed by atoms with E-state index in [0.29, 0.717) is 28.3 Å². The highest BCUT2D eigenvalue weighted by Crippen LogP contribution is 2.39. The molecule has 1 aliphatic rings. The molecular weight excluding hydrogens is 360 g/mol. The highest BCUT2D eigenvalue weighted by Gasteiger charge is 2.25. The lowest BCUT2D eigenvalue weighted by molar-refractivity contribution is 0.600. The van der Waals surface area contributed by atoms with Crippen LogP contribution in [0.1, 0.15) is 34.4 Å². The van der Waals surface area contributed by atoms with Crippen molar-refractivity contribution in [3.8, 4) is 10.6 Å². The summed E-state index contributed by atoms with van der Waals surface area (Å²) in [6.45, 7) is 1.85. The molecule has 8 nitrogen and oxygen atoms in total. The molecule has 1 fully saturated rings. The summed E-state index contributed by atoms with van der Waals surface area (Å²) >= 11 is 1.08. The minimum Gasteiger partial charge on any atom is -0.307 e. The van der Waals surface area contributed by atoms with Crippen molar-refractivity contribution in [2.45, 2.75) is 29.9 Å². The summed E-state index contributed by atoms with van der Waals surface area (Å²) in [4.78, 5) is 9.54. The molecule has 3 aromatic heterocycles. The first-order valence-corrected chi connectivity index (χ1v) is 10.1. The molecule has 4 rings (SSSR count). The smallest absolute Gasteiger partial charge is 0.247 e. The fourth-order valence-corrected chi connectivity index (χ4v) is 4.17. The average molecular weight is 383 g/mol. The molecule has 4 N–H and O–H groups in total. The van der Waals surface area contributed by atoms with Crippen LogP contribution >= 0.6 is 11.3 Å². The lowest BCUT2D eigenvalue weighted by atomic mass is 10.3. The second kappa shape index (κ2) is 5.90. The maximum absolute atomic E-state index is 11.4. The van der Waals surface area contributed by atoms with Crippen molar-refractivity contribution in [1.82, 2.24) is 20.2 Å². The summed E-state index contributed by atoms with van der Waals surface area (Å²) in [5.41, 5.74) is 2.51. The Hall–Kier alpha value is -2.30. The van der Waals surface area contributed by atoms with E-state index in [1.54, 1.807) is 12.1 Å². The van der Waals surface area contributed by atoms with Crippen LogP contribution in [0.4, 0.5) is 11.8 Å². The first kappa shape index (κ1) is 16.2. The van der Waals surface area contributed by atoms with Gasteiger partial charge in [0.2, 0.25) is 16.0 Å². The summed E-state index contributed by atoms with van der Waals surface area (Å²) in [6, 6.07) is 6.93. The van der Waals surface area contributed by atoms with Gasteiger partial charge in [-0.25, -0.2) is 23.5 Å². The summed E-state index contributed by atoms with van der Waals surface area (Å²) in [5.74, 6) is 1.66. The van der Waals surface area contributed by atoms with E-state index >= 15 is 0 Å². The fourth-order valence-electron chi connectivity index (χ4n) is 2.48. The van der Waals surface area contributed by atoms with Gasteiger partial charge in [-0.15, -0.1) is 11.3 Å². The molecule has 0 aliphatic heterocycles. The molecule has 1 saturated carbocycles. The highest BCUT2D eigenvalue weighted by molar-refractivity contribution is 7.91. The van der Waals surface area contributed by atoms with E-state index in [1.807, 2.05) is 13.0 Å². The normalized spacial score (nSPS) is 14.6. The maximum atomic E-state index is 11.4. The van der Waals surface area contributed by atoms with E-state index in [1.165, 1.54) is 18.9 Å². The standard InChI is InChI=1S/C15H16N6O2S2.3H2/c1-8-6-11(12-4-5-14(24-12)25(16,22)23)18-15(17-8)19-13-7-10(20-21-13)9-2-3-9;;;/h4-7,9H,2-3H2,1H3,(H2,16,22,23)(H2,17,18,19,20,21);3*1H. The molecule has 0 aromatic carbocycles. The molecule has 0 spiro atoms. The highest BCUT2D eigenvalue weighted by atomic mass is 32.2. The number of primary sulfonamides is 1. The third-order valence-corrected chi connectivity index (χ3v) is 6.37. The van der Waals surface area contributed by atoms with Crippen LogP contribution in [0.15, 0.2) is 28.5 Å². The van der Waals surface area contributed by atoms with Crippen molar-refractivity contribution in [1.29, 1.82) is 0 Å². The molecule has 0 unspecified atom stereocenters. The minimum atomic E-state index is -3.71. The van der Waals surface area contributed by atoms with E-state index in [0.717, 1.165) is 22.7 Å². The van der Waals surface area contributed by atoms with Crippen molar-refractivity contribution in [3.63, 3.8) is 0 Å². The predicted molar refractivity (Wildman–Crippen MR) is 102 cm³/mol. The SMILES string of the molecule is Cc1cc(-c2ccc(S(N)(=O)=O)s2)nc(Nc2cc(C3CC3)[nH]n2)n1.[HH].[HH].[HH]. The Balaban J connectivity index is 0.00000131. The Morgan fingerprint density at radius 1 is 1.32 bits per heavy atom. The van der Waals surface area contributed by atoms with Gasteiger partial charge in [0, 0.05) is 27.7 Å². The molecule has 0 radical (unpaired) electrons. The van der Waals surface area contributed by atoms with Crippen molar-refractivity contribution in [3.05, 3.63) is 35.7 Å². The number of rotatable bonds is 5. The van der Waals surface area contributed by atoms with E-state index in [2.05, 4.69) is 25.5 Å². The van der Waals surface area contributed by atoms with Gasteiger partial charge in [-0.3, -0.25) is 5.10 Å². The molecule has 0 amide bonds. The predicted octanol–water partition coefficient (Wildman–Crippen LogP) is 3.24. The van der Waals surface area contributed by atoms with Crippen LogP contribution in [0.5, 0.6) is 0 Å². The van der Waals surface area contributed by atoms with Crippen molar-refractivity contribution >= 4 is 33.1 Å². The van der Waals surface area contributed by atoms with Gasteiger partial charge >= 0.3 is 0 Å². The Kier molecular flexibility index (Phi) is 3.82. The summed E-state index contributed by atoms with van der Waals surface area (Å²) in [6.07, 6.45) is 2.38. The van der Waals surface area contributed by atoms with Crippen molar-refractivity contribution in [2.24, 2.45) is 5.14 Å². The lowest BCUT2D eigenvalue weighted by Crippen LogP contribution is -2.09. The number of aromatic nitrogens is 4. The Labute approximate surface area is 153 Å². The van der Waals surface area contributed by atoms with Gasteiger partial charge in [-0.2, -0.15) is 5.10 Å². The Bertz CT molecular complexity index is 1050. The van der Waals surface area contributed by atoms with Crippen LogP contribution in [0.25, 0.3) is 10.6 Å². The summed E-state index contributed by atoms with van der Waals surface area (Å²) < 4.78 is 23.0. The molecule has 25 heavy (non-hydrogen) atoms. The Morgan fingerprint density at radius 3 is 2.80 bits per heavy atom. The summed E-state index contributed by atoms with van der Waals surface area (Å²) in [7, 11) is -3.71. The third kappa shape index (κ3) is 3.55. The van der Waals surface area contributed by atoms with Crippen LogP contribution in [0.3, 0.4) is 0 Å². The number of hydrogen-bond donors (Lipinski definition) is 3. The molecule has 0 bridgehead atoms. The molecule has 3 heterocycles. The van der Waals surface area contributed by atoms with Gasteiger partial charge in [-0.05, 0) is 38.0 Å². The van der Waals surface area contributed by atoms with Crippen LogP contribution in [0, 0.1) is 6.92 Å². The van der Waals surface area contributed by atoms with Crippen LogP contribution in [-0.2, 0) is 10.0 Å². The molecule has 10 heteroatoms. The van der Waals surface area contributed by atoms with E-state index in [9.17, 15) is 8.42 Å². The second-order valence-corrected chi connectivity index (χ2v) is 8.86. The number of nitrogens with zero attached hydrogens (tertiary/aromatic N) is 3. The number of H-pyrrole nitrogens is 1. The van der Waals surface area contributed by atoms with E-state index in [-0.39, 0.29) is 8.49 Å². The molecule has 1 aliphatic carbocycles. The number of nitrogens with one attached hydrogen (secondary N) is 2.